The van der Waals surface area contributed by atoms with E-state index in [0.29, 0.717) is 58.2 Å². The second kappa shape index (κ2) is 12.8. The maximum Gasteiger partial charge on any atom is 0.307 e. The molecule has 2 heterocycles. The number of amides is 1. The van der Waals surface area contributed by atoms with E-state index < -0.39 is 4.92 Å². The van der Waals surface area contributed by atoms with Crippen LogP contribution in [-0.4, -0.2) is 68.0 Å². The van der Waals surface area contributed by atoms with Gasteiger partial charge in [-0.1, -0.05) is 0 Å². The Morgan fingerprint density at radius 1 is 1.20 bits per heavy atom. The second-order valence-electron chi connectivity index (χ2n) is 8.75. The van der Waals surface area contributed by atoms with Gasteiger partial charge in [-0.05, 0) is 30.1 Å². The Kier molecular flexibility index (Phi) is 9.19. The molecule has 1 aromatic heterocycles. The molecule has 1 aliphatic rings. The first-order valence-corrected chi connectivity index (χ1v) is 13.0. The van der Waals surface area contributed by atoms with Crippen molar-refractivity contribution >= 4 is 62.1 Å². The molecule has 2 unspecified atom stereocenters. The number of non-ortho nitro benzene ring substituents is 1. The van der Waals surface area contributed by atoms with Crippen molar-refractivity contribution in [1.82, 2.24) is 4.37 Å². The molecule has 2 atom stereocenters. The fraction of sp³-hybridized carbons (Fsp3) is 0.400. The molecule has 0 saturated carbocycles. The normalized spacial score (nSPS) is 16.2. The number of azo groups is 1. The third-order valence-corrected chi connectivity index (χ3v) is 6.88. The Morgan fingerprint density at radius 3 is 2.65 bits per heavy atom. The summed E-state index contributed by atoms with van der Waals surface area (Å²) in [6.45, 7) is 2.19. The van der Waals surface area contributed by atoms with Gasteiger partial charge in [0.25, 0.3) is 5.69 Å². The number of rotatable bonds is 13. The molecule has 4 rings (SSSR count). The molecule has 1 amide bonds. The van der Waals surface area contributed by atoms with E-state index in [1.807, 2.05) is 4.90 Å². The van der Waals surface area contributed by atoms with E-state index in [4.69, 9.17) is 18.9 Å². The van der Waals surface area contributed by atoms with Crippen LogP contribution in [0.4, 0.5) is 27.8 Å². The number of methoxy groups -OCH3 is 3. The minimum Gasteiger partial charge on any atom is -0.494 e. The fourth-order valence-electron chi connectivity index (χ4n) is 4.04. The number of nitrogens with one attached hydrogen (secondary N) is 1. The fourth-order valence-corrected chi connectivity index (χ4v) is 4.73. The Bertz CT molecular complexity index is 1440. The number of hydrogen-bond acceptors (Lipinski definition) is 13. The van der Waals surface area contributed by atoms with E-state index in [9.17, 15) is 19.7 Å². The van der Waals surface area contributed by atoms with E-state index in [0.717, 1.165) is 11.5 Å². The number of carbonyl (C=O) groups excluding carboxylic acids is 2. The van der Waals surface area contributed by atoms with Crippen molar-refractivity contribution in [2.45, 2.75) is 32.2 Å². The summed E-state index contributed by atoms with van der Waals surface area (Å²) in [7, 11) is 4.40. The van der Waals surface area contributed by atoms with Gasteiger partial charge in [0.2, 0.25) is 5.91 Å². The average molecular weight is 573 g/mol. The van der Waals surface area contributed by atoms with Gasteiger partial charge in [0.05, 0.1) is 42.5 Å². The molecule has 15 heteroatoms. The third kappa shape index (κ3) is 6.86. The molecule has 2 aromatic carbocycles. The van der Waals surface area contributed by atoms with Crippen molar-refractivity contribution < 1.29 is 33.5 Å². The molecule has 212 valence electrons. The average Bonchev–Trinajstić information content (AvgIpc) is 3.60. The summed E-state index contributed by atoms with van der Waals surface area (Å²) in [5.74, 6) is -0.273. The summed E-state index contributed by atoms with van der Waals surface area (Å²) in [6, 6.07) is 7.63. The SMILES string of the molecule is COC(=O)CCN(CCC1OC1OC)c1cc(NC(C)=O)c(/N=N/c2snc3ccc([N+](=O)[O-])cc23)cc1OC. The van der Waals surface area contributed by atoms with Gasteiger partial charge in [0.15, 0.2) is 11.3 Å². The molecular formula is C25H28N6O8S. The van der Waals surface area contributed by atoms with Gasteiger partial charge in [-0.15, -0.1) is 10.2 Å². The Balaban J connectivity index is 1.69. The number of benzene rings is 2. The van der Waals surface area contributed by atoms with E-state index in [1.54, 1.807) is 25.3 Å². The van der Waals surface area contributed by atoms with Crippen LogP contribution in [0.1, 0.15) is 19.8 Å². The van der Waals surface area contributed by atoms with Crippen LogP contribution < -0.4 is 15.0 Å². The zero-order valence-corrected chi connectivity index (χ0v) is 23.1. The van der Waals surface area contributed by atoms with Crippen LogP contribution in [0, 0.1) is 10.1 Å². The summed E-state index contributed by atoms with van der Waals surface area (Å²) in [5, 5.41) is 23.5. The highest BCUT2D eigenvalue weighted by Gasteiger charge is 2.39. The summed E-state index contributed by atoms with van der Waals surface area (Å²) in [4.78, 5) is 36.6. The third-order valence-electron chi connectivity index (χ3n) is 6.11. The first kappa shape index (κ1) is 28.8. The number of nitro groups is 1. The number of ether oxygens (including phenoxy) is 4. The highest BCUT2D eigenvalue weighted by Crippen LogP contribution is 2.41. The molecular weight excluding hydrogens is 544 g/mol. The molecule has 0 aliphatic carbocycles. The number of nitro benzene ring substituents is 1. The number of nitrogens with zero attached hydrogens (tertiary/aromatic N) is 5. The molecule has 0 bridgehead atoms. The van der Waals surface area contributed by atoms with Crippen molar-refractivity contribution in [2.24, 2.45) is 10.2 Å². The zero-order valence-electron chi connectivity index (χ0n) is 22.3. The van der Waals surface area contributed by atoms with Crippen LogP contribution in [0.25, 0.3) is 10.9 Å². The number of hydrogen-bond donors (Lipinski definition) is 1. The van der Waals surface area contributed by atoms with Crippen molar-refractivity contribution in [2.75, 3.05) is 44.6 Å². The minimum absolute atomic E-state index is 0.0652. The summed E-state index contributed by atoms with van der Waals surface area (Å²) in [5.41, 5.74) is 1.72. The number of epoxide rings is 1. The molecule has 14 nitrogen and oxygen atoms in total. The maximum absolute atomic E-state index is 12.1. The molecule has 3 aromatic rings. The minimum atomic E-state index is -0.493. The number of carbonyl (C=O) groups is 2. The molecule has 0 radical (unpaired) electrons. The number of aromatic nitrogens is 1. The van der Waals surface area contributed by atoms with Crippen molar-refractivity contribution in [3.05, 3.63) is 40.4 Å². The lowest BCUT2D eigenvalue weighted by Gasteiger charge is -2.27. The van der Waals surface area contributed by atoms with Gasteiger partial charge in [0, 0.05) is 50.7 Å². The van der Waals surface area contributed by atoms with E-state index in [1.165, 1.54) is 33.3 Å². The van der Waals surface area contributed by atoms with Crippen LogP contribution >= 0.6 is 11.5 Å². The van der Waals surface area contributed by atoms with Gasteiger partial charge < -0.3 is 29.2 Å². The first-order chi connectivity index (χ1) is 19.2. The van der Waals surface area contributed by atoms with Gasteiger partial charge >= 0.3 is 5.97 Å². The van der Waals surface area contributed by atoms with Gasteiger partial charge in [0.1, 0.15) is 17.5 Å². The van der Waals surface area contributed by atoms with Gasteiger partial charge in [-0.3, -0.25) is 19.7 Å². The van der Waals surface area contributed by atoms with E-state index in [-0.39, 0.29) is 36.4 Å². The second-order valence-corrected chi connectivity index (χ2v) is 9.50. The molecule has 1 aliphatic heterocycles. The first-order valence-electron chi connectivity index (χ1n) is 12.2. The Hall–Kier alpha value is -4.21. The highest BCUT2D eigenvalue weighted by molar-refractivity contribution is 7.11. The summed E-state index contributed by atoms with van der Waals surface area (Å²) < 4.78 is 25.4. The van der Waals surface area contributed by atoms with Crippen LogP contribution in [0.3, 0.4) is 0 Å². The van der Waals surface area contributed by atoms with E-state index >= 15 is 0 Å². The van der Waals surface area contributed by atoms with Crippen molar-refractivity contribution in [3.8, 4) is 5.75 Å². The quantitative estimate of drug-likeness (QED) is 0.0993. The number of anilines is 2. The van der Waals surface area contributed by atoms with Gasteiger partial charge in [-0.2, -0.15) is 4.37 Å². The Labute approximate surface area is 233 Å². The van der Waals surface area contributed by atoms with Crippen molar-refractivity contribution in [3.63, 3.8) is 0 Å². The van der Waals surface area contributed by atoms with Crippen LogP contribution in [0.5, 0.6) is 5.75 Å². The zero-order chi connectivity index (χ0) is 28.8. The lowest BCUT2D eigenvalue weighted by molar-refractivity contribution is -0.384. The smallest absolute Gasteiger partial charge is 0.307 e. The molecule has 40 heavy (non-hydrogen) atoms. The van der Waals surface area contributed by atoms with Crippen LogP contribution in [0.2, 0.25) is 0 Å². The number of fused-ring (bicyclic) bond motifs is 1. The van der Waals surface area contributed by atoms with Crippen molar-refractivity contribution in [1.29, 1.82) is 0 Å². The standard InChI is InChI=1S/C25H28N6O8S/c1-14(32)26-18-12-20(30(10-8-23(33)37-3)9-7-21-25(38-4)39-21)22(36-2)13-19(18)27-28-24-16-11-15(31(34)35)5-6-17(16)29-40-24/h5-6,11-13,21,25H,7-10H2,1-4H3,(H,26,32)/b28-27+. The predicted octanol–water partition coefficient (Wildman–Crippen LogP) is 4.72. The summed E-state index contributed by atoms with van der Waals surface area (Å²) in [6.07, 6.45) is 0.431. The van der Waals surface area contributed by atoms with Crippen LogP contribution in [0.15, 0.2) is 40.6 Å². The monoisotopic (exact) mass is 572 g/mol. The molecule has 1 saturated heterocycles. The van der Waals surface area contributed by atoms with Crippen LogP contribution in [-0.2, 0) is 23.8 Å². The topological polar surface area (TPSA) is 170 Å². The molecule has 1 N–H and O–H groups in total. The molecule has 0 spiro atoms. The maximum atomic E-state index is 12.1. The summed E-state index contributed by atoms with van der Waals surface area (Å²) >= 11 is 1.04. The van der Waals surface area contributed by atoms with E-state index in [2.05, 4.69) is 19.9 Å². The molecule has 1 fully saturated rings. The predicted molar refractivity (Wildman–Crippen MR) is 147 cm³/mol. The lowest BCUT2D eigenvalue weighted by Crippen LogP contribution is -2.29. The number of esters is 1. The largest absolute Gasteiger partial charge is 0.494 e. The van der Waals surface area contributed by atoms with Gasteiger partial charge in [-0.25, -0.2) is 0 Å². The lowest BCUT2D eigenvalue weighted by atomic mass is 10.1. The highest BCUT2D eigenvalue weighted by atomic mass is 32.1. The Morgan fingerprint density at radius 2 is 2.00 bits per heavy atom.